The average molecular weight is 359 g/mol. The molecule has 1 aliphatic rings. The summed E-state index contributed by atoms with van der Waals surface area (Å²) in [4.78, 5) is 2.22. The summed E-state index contributed by atoms with van der Waals surface area (Å²) in [5.74, 6) is -0.0798. The van der Waals surface area contributed by atoms with Gasteiger partial charge in [0.05, 0.1) is 13.2 Å². The summed E-state index contributed by atoms with van der Waals surface area (Å²) in [5.41, 5.74) is 2.40. The number of hydrogen-bond donors (Lipinski definition) is 0. The van der Waals surface area contributed by atoms with Gasteiger partial charge in [0.25, 0.3) is 0 Å². The lowest BCUT2D eigenvalue weighted by molar-refractivity contribution is 0.0690. The van der Waals surface area contributed by atoms with Crippen LogP contribution in [0.25, 0.3) is 0 Å². The highest BCUT2D eigenvalue weighted by molar-refractivity contribution is 7.54. The molecular weight excluding hydrogens is 333 g/mol. The molecule has 1 fully saturated rings. The lowest BCUT2D eigenvalue weighted by Crippen LogP contribution is -2.54. The molecule has 0 saturated carbocycles. The minimum Gasteiger partial charge on any atom is -0.308 e. The van der Waals surface area contributed by atoms with Crippen molar-refractivity contribution in [3.63, 3.8) is 0 Å². The van der Waals surface area contributed by atoms with Crippen molar-refractivity contribution in [2.24, 2.45) is 0 Å². The van der Waals surface area contributed by atoms with Crippen molar-refractivity contribution in [1.29, 1.82) is 0 Å². The van der Waals surface area contributed by atoms with Crippen LogP contribution in [0.3, 0.4) is 0 Å². The average Bonchev–Trinajstić information content (AvgIpc) is 2.60. The van der Waals surface area contributed by atoms with E-state index in [4.69, 9.17) is 9.05 Å². The number of nitrogens with zero attached hydrogens (tertiary/aromatic N) is 1. The molecule has 3 rings (SSSR count). The Labute approximate surface area is 150 Å². The topological polar surface area (TPSA) is 38.8 Å². The maximum atomic E-state index is 13.5. The number of rotatable bonds is 8. The molecule has 0 aliphatic carbocycles. The zero-order valence-electron chi connectivity index (χ0n) is 14.9. The van der Waals surface area contributed by atoms with Gasteiger partial charge in [0.2, 0.25) is 0 Å². The number of likely N-dealkylation sites (tertiary alicyclic amines) is 1. The van der Waals surface area contributed by atoms with E-state index in [1.54, 1.807) is 0 Å². The van der Waals surface area contributed by atoms with E-state index in [2.05, 4.69) is 29.2 Å². The van der Waals surface area contributed by atoms with Crippen molar-refractivity contribution in [2.45, 2.75) is 32.1 Å². The van der Waals surface area contributed by atoms with E-state index >= 15 is 0 Å². The molecule has 5 heteroatoms. The largest absolute Gasteiger partial charge is 0.348 e. The first-order valence-electron chi connectivity index (χ1n) is 8.89. The lowest BCUT2D eigenvalue weighted by Gasteiger charge is -2.50. The van der Waals surface area contributed by atoms with Crippen LogP contribution in [0.2, 0.25) is 0 Å². The van der Waals surface area contributed by atoms with E-state index in [1.807, 2.05) is 50.2 Å². The molecule has 25 heavy (non-hydrogen) atoms. The second kappa shape index (κ2) is 8.29. The van der Waals surface area contributed by atoms with Gasteiger partial charge >= 0.3 is 7.60 Å². The highest BCUT2D eigenvalue weighted by Gasteiger charge is 2.52. The summed E-state index contributed by atoms with van der Waals surface area (Å²) < 4.78 is 24.9. The van der Waals surface area contributed by atoms with Gasteiger partial charge in [0, 0.05) is 19.0 Å². The molecule has 0 N–H and O–H groups in total. The monoisotopic (exact) mass is 359 g/mol. The highest BCUT2D eigenvalue weighted by atomic mass is 31.2. The maximum Gasteiger partial charge on any atom is 0.348 e. The van der Waals surface area contributed by atoms with Gasteiger partial charge in [-0.1, -0.05) is 60.7 Å². The van der Waals surface area contributed by atoms with Gasteiger partial charge in [-0.3, -0.25) is 9.46 Å². The van der Waals surface area contributed by atoms with Crippen molar-refractivity contribution < 1.29 is 13.6 Å². The molecule has 0 radical (unpaired) electrons. The fourth-order valence-electron chi connectivity index (χ4n) is 3.50. The van der Waals surface area contributed by atoms with Crippen LogP contribution in [0.4, 0.5) is 0 Å². The molecular formula is C20H26NO3P. The maximum absolute atomic E-state index is 13.5. The fraction of sp³-hybridized carbons (Fsp3) is 0.400. The van der Waals surface area contributed by atoms with Crippen LogP contribution >= 0.6 is 7.60 Å². The third-order valence-electron chi connectivity index (χ3n) is 4.56. The summed E-state index contributed by atoms with van der Waals surface area (Å²) in [7, 11) is -3.21. The summed E-state index contributed by atoms with van der Waals surface area (Å²) >= 11 is 0. The Kier molecular flexibility index (Phi) is 6.08. The Balaban J connectivity index is 1.87. The van der Waals surface area contributed by atoms with E-state index in [0.717, 1.165) is 13.1 Å². The van der Waals surface area contributed by atoms with Crippen LogP contribution in [-0.2, 0) is 20.2 Å². The van der Waals surface area contributed by atoms with Gasteiger partial charge < -0.3 is 9.05 Å². The number of hydrogen-bond acceptors (Lipinski definition) is 4. The first-order valence-corrected chi connectivity index (χ1v) is 10.5. The van der Waals surface area contributed by atoms with Crippen LogP contribution in [0, 0.1) is 0 Å². The lowest BCUT2D eigenvalue weighted by atomic mass is 9.90. The standard InChI is InChI=1S/C20H26NO3P/c1-3-23-25(22,24-4-2)20-19(18-13-9-6-10-14-18)16-21(20)15-17-11-7-5-8-12-17/h5-14,19-20H,3-4,15-16H2,1-2H3/t19-,20-/m1/s1. The quantitative estimate of drug-likeness (QED) is 0.630. The predicted molar refractivity (Wildman–Crippen MR) is 101 cm³/mol. The third-order valence-corrected chi connectivity index (χ3v) is 7.13. The van der Waals surface area contributed by atoms with Crippen LogP contribution < -0.4 is 0 Å². The molecule has 1 aliphatic heterocycles. The second-order valence-corrected chi connectivity index (χ2v) is 8.35. The summed E-state index contributed by atoms with van der Waals surface area (Å²) in [6.45, 7) is 6.10. The molecule has 4 nitrogen and oxygen atoms in total. The molecule has 2 atom stereocenters. The fourth-order valence-corrected chi connectivity index (χ4v) is 5.88. The van der Waals surface area contributed by atoms with Gasteiger partial charge in [0.15, 0.2) is 0 Å². The van der Waals surface area contributed by atoms with Crippen LogP contribution in [0.5, 0.6) is 0 Å². The summed E-state index contributed by atoms with van der Waals surface area (Å²) in [6, 6.07) is 20.5. The van der Waals surface area contributed by atoms with Crippen LogP contribution in [0.1, 0.15) is 30.9 Å². The Morgan fingerprint density at radius 1 is 0.960 bits per heavy atom. The Bertz CT molecular complexity index is 697. The zero-order valence-corrected chi connectivity index (χ0v) is 15.8. The van der Waals surface area contributed by atoms with Crippen molar-refractivity contribution in [2.75, 3.05) is 19.8 Å². The van der Waals surface area contributed by atoms with Gasteiger partial charge in [-0.05, 0) is 25.0 Å². The Hall–Kier alpha value is -1.45. The van der Waals surface area contributed by atoms with Gasteiger partial charge in [0.1, 0.15) is 5.78 Å². The predicted octanol–water partition coefficient (Wildman–Crippen LogP) is 4.88. The van der Waals surface area contributed by atoms with Gasteiger partial charge in [-0.25, -0.2) is 0 Å². The molecule has 0 spiro atoms. The third kappa shape index (κ3) is 4.04. The van der Waals surface area contributed by atoms with Gasteiger partial charge in [-0.2, -0.15) is 0 Å². The zero-order chi connectivity index (χ0) is 17.7. The van der Waals surface area contributed by atoms with Crippen LogP contribution in [-0.4, -0.2) is 30.4 Å². The smallest absolute Gasteiger partial charge is 0.308 e. The van der Waals surface area contributed by atoms with E-state index < -0.39 is 7.60 Å². The molecule has 134 valence electrons. The highest BCUT2D eigenvalue weighted by Crippen LogP contribution is 2.62. The first-order chi connectivity index (χ1) is 12.2. The van der Waals surface area contributed by atoms with Crippen molar-refractivity contribution in [1.82, 2.24) is 4.90 Å². The number of benzene rings is 2. The molecule has 1 heterocycles. The van der Waals surface area contributed by atoms with Crippen molar-refractivity contribution >= 4 is 7.60 Å². The molecule has 0 amide bonds. The second-order valence-electron chi connectivity index (χ2n) is 6.22. The SMILES string of the molecule is CCOP(=O)(OCC)[C@@H]1[C@@H](c2ccccc2)CN1Cc1ccccc1. The molecule has 0 bridgehead atoms. The Morgan fingerprint density at radius 2 is 1.52 bits per heavy atom. The minimum atomic E-state index is -3.21. The molecule has 0 aromatic heterocycles. The van der Waals surface area contributed by atoms with E-state index in [1.165, 1.54) is 11.1 Å². The van der Waals surface area contributed by atoms with Crippen molar-refractivity contribution in [3.05, 3.63) is 71.8 Å². The molecule has 2 aromatic carbocycles. The molecule has 2 aromatic rings. The van der Waals surface area contributed by atoms with E-state index in [0.29, 0.717) is 13.2 Å². The van der Waals surface area contributed by atoms with Crippen LogP contribution in [0.15, 0.2) is 60.7 Å². The summed E-state index contributed by atoms with van der Waals surface area (Å²) in [5, 5.41) is 0. The molecule has 0 unspecified atom stereocenters. The van der Waals surface area contributed by atoms with Crippen molar-refractivity contribution in [3.8, 4) is 0 Å². The van der Waals surface area contributed by atoms with E-state index in [-0.39, 0.29) is 11.7 Å². The van der Waals surface area contributed by atoms with Gasteiger partial charge in [-0.15, -0.1) is 0 Å². The van der Waals surface area contributed by atoms with E-state index in [9.17, 15) is 4.57 Å². The molecule has 1 saturated heterocycles. The summed E-state index contributed by atoms with van der Waals surface area (Å²) in [6.07, 6.45) is 0. The Morgan fingerprint density at radius 3 is 2.08 bits per heavy atom. The minimum absolute atomic E-state index is 0.161. The first kappa shape index (κ1) is 18.3. The normalized spacial score (nSPS) is 21.0.